The van der Waals surface area contributed by atoms with Crippen molar-refractivity contribution in [3.8, 4) is 11.5 Å². The predicted molar refractivity (Wildman–Crippen MR) is 83.9 cm³/mol. The van der Waals surface area contributed by atoms with Gasteiger partial charge in [0.25, 0.3) is 0 Å². The summed E-state index contributed by atoms with van der Waals surface area (Å²) >= 11 is 1.72. The highest BCUT2D eigenvalue weighted by atomic mass is 32.1. The minimum Gasteiger partial charge on any atom is -0.490 e. The van der Waals surface area contributed by atoms with Crippen molar-refractivity contribution in [1.82, 2.24) is 0 Å². The summed E-state index contributed by atoms with van der Waals surface area (Å²) in [7, 11) is 0. The van der Waals surface area contributed by atoms with Crippen LogP contribution in [0.25, 0.3) is 0 Å². The summed E-state index contributed by atoms with van der Waals surface area (Å²) in [6.45, 7) is 7.25. The lowest BCUT2D eigenvalue weighted by molar-refractivity contribution is 0.287. The third kappa shape index (κ3) is 3.14. The number of hydrogen-bond donors (Lipinski definition) is 1. The zero-order valence-corrected chi connectivity index (χ0v) is 13.0. The van der Waals surface area contributed by atoms with Gasteiger partial charge in [-0.1, -0.05) is 6.07 Å². The Morgan fingerprint density at radius 1 is 1.10 bits per heavy atom. The van der Waals surface area contributed by atoms with E-state index in [1.54, 1.807) is 11.3 Å². The van der Waals surface area contributed by atoms with Gasteiger partial charge in [0.15, 0.2) is 11.5 Å². The molecule has 1 aromatic heterocycles. The van der Waals surface area contributed by atoms with Crippen molar-refractivity contribution < 1.29 is 9.47 Å². The number of nitrogens with two attached hydrogens (primary N) is 1. The third-order valence-electron chi connectivity index (χ3n) is 3.16. The van der Waals surface area contributed by atoms with E-state index >= 15 is 0 Å². The molecule has 0 fully saturated rings. The Hall–Kier alpha value is -1.52. The van der Waals surface area contributed by atoms with Gasteiger partial charge in [-0.15, -0.1) is 11.3 Å². The van der Waals surface area contributed by atoms with Gasteiger partial charge in [-0.2, -0.15) is 0 Å². The number of hydrogen-bond acceptors (Lipinski definition) is 4. The van der Waals surface area contributed by atoms with E-state index < -0.39 is 0 Å². The monoisotopic (exact) mass is 291 g/mol. The lowest BCUT2D eigenvalue weighted by Gasteiger charge is -2.16. The summed E-state index contributed by atoms with van der Waals surface area (Å²) in [6.07, 6.45) is 0. The van der Waals surface area contributed by atoms with Crippen LogP contribution < -0.4 is 15.2 Å². The van der Waals surface area contributed by atoms with Crippen LogP contribution in [0.3, 0.4) is 0 Å². The summed E-state index contributed by atoms with van der Waals surface area (Å²) in [5.41, 5.74) is 8.57. The second-order valence-corrected chi connectivity index (χ2v) is 5.60. The van der Waals surface area contributed by atoms with Crippen LogP contribution in [0.1, 0.15) is 35.9 Å². The number of thiophene rings is 1. The van der Waals surface area contributed by atoms with Crippen molar-refractivity contribution in [2.45, 2.75) is 26.8 Å². The Bertz CT molecular complexity index is 565. The van der Waals surface area contributed by atoms with E-state index in [0.29, 0.717) is 13.2 Å². The molecule has 2 N–H and O–H groups in total. The Balaban J connectivity index is 2.32. The van der Waals surface area contributed by atoms with Crippen molar-refractivity contribution in [2.24, 2.45) is 5.73 Å². The largest absolute Gasteiger partial charge is 0.490 e. The van der Waals surface area contributed by atoms with Gasteiger partial charge >= 0.3 is 0 Å². The summed E-state index contributed by atoms with van der Waals surface area (Å²) < 4.78 is 11.2. The third-order valence-corrected chi connectivity index (χ3v) is 4.02. The van der Waals surface area contributed by atoms with Crippen molar-refractivity contribution >= 4 is 11.3 Å². The molecular formula is C16H21NO2S. The first-order valence-corrected chi connectivity index (χ1v) is 7.74. The molecule has 0 bridgehead atoms. The van der Waals surface area contributed by atoms with Gasteiger partial charge in [0.1, 0.15) is 0 Å². The highest BCUT2D eigenvalue weighted by molar-refractivity contribution is 7.10. The van der Waals surface area contributed by atoms with Crippen LogP contribution in [-0.2, 0) is 0 Å². The first kappa shape index (κ1) is 14.9. The second-order valence-electron chi connectivity index (χ2n) is 4.48. The zero-order valence-electron chi connectivity index (χ0n) is 12.2. The number of ether oxygens (including phenoxy) is 2. The van der Waals surface area contributed by atoms with Crippen LogP contribution in [-0.4, -0.2) is 13.2 Å². The Kier molecular flexibility index (Phi) is 5.04. The predicted octanol–water partition coefficient (Wildman–Crippen LogP) is 3.90. The van der Waals surface area contributed by atoms with E-state index in [9.17, 15) is 0 Å². The molecule has 0 amide bonds. The quantitative estimate of drug-likeness (QED) is 0.878. The summed E-state index contributed by atoms with van der Waals surface area (Å²) in [5, 5.41) is 2.07. The van der Waals surface area contributed by atoms with Gasteiger partial charge in [-0.25, -0.2) is 0 Å². The van der Waals surface area contributed by atoms with Gasteiger partial charge in [0.2, 0.25) is 0 Å². The molecule has 0 radical (unpaired) electrons. The molecule has 0 aliphatic rings. The van der Waals surface area contributed by atoms with Crippen LogP contribution in [0, 0.1) is 6.92 Å². The lowest BCUT2D eigenvalue weighted by atomic mass is 10.00. The van der Waals surface area contributed by atoms with Gasteiger partial charge in [-0.3, -0.25) is 0 Å². The van der Waals surface area contributed by atoms with Crippen LogP contribution in [0.5, 0.6) is 11.5 Å². The fourth-order valence-corrected chi connectivity index (χ4v) is 2.91. The maximum Gasteiger partial charge on any atom is 0.161 e. The van der Waals surface area contributed by atoms with Gasteiger partial charge in [0.05, 0.1) is 19.3 Å². The minimum absolute atomic E-state index is 0.129. The van der Waals surface area contributed by atoms with Crippen LogP contribution >= 0.6 is 11.3 Å². The molecule has 108 valence electrons. The Morgan fingerprint density at radius 2 is 1.80 bits per heavy atom. The summed E-state index contributed by atoms with van der Waals surface area (Å²) in [4.78, 5) is 1.25. The highest BCUT2D eigenvalue weighted by Gasteiger charge is 2.15. The minimum atomic E-state index is -0.129. The average molecular weight is 291 g/mol. The number of rotatable bonds is 6. The molecule has 1 atom stereocenters. The van der Waals surface area contributed by atoms with Crippen molar-refractivity contribution in [3.05, 3.63) is 45.6 Å². The van der Waals surface area contributed by atoms with Crippen LogP contribution in [0.2, 0.25) is 0 Å². The van der Waals surface area contributed by atoms with Crippen LogP contribution in [0.15, 0.2) is 29.6 Å². The second kappa shape index (κ2) is 6.77. The molecule has 20 heavy (non-hydrogen) atoms. The highest BCUT2D eigenvalue weighted by Crippen LogP contribution is 2.33. The van der Waals surface area contributed by atoms with Crippen molar-refractivity contribution in [3.63, 3.8) is 0 Å². The SMILES string of the molecule is CCOc1ccc(C(N)c2ccsc2C)cc1OCC. The fraction of sp³-hybridized carbons (Fsp3) is 0.375. The summed E-state index contributed by atoms with van der Waals surface area (Å²) in [5.74, 6) is 1.53. The zero-order chi connectivity index (χ0) is 14.5. The van der Waals surface area contributed by atoms with Gasteiger partial charge < -0.3 is 15.2 Å². The molecule has 2 aromatic rings. The summed E-state index contributed by atoms with van der Waals surface area (Å²) in [6, 6.07) is 7.88. The molecule has 4 heteroatoms. The molecule has 1 heterocycles. The first-order valence-electron chi connectivity index (χ1n) is 6.86. The van der Waals surface area contributed by atoms with E-state index in [0.717, 1.165) is 17.1 Å². The lowest BCUT2D eigenvalue weighted by Crippen LogP contribution is -2.12. The normalized spacial score (nSPS) is 12.2. The van der Waals surface area contributed by atoms with E-state index in [1.165, 1.54) is 10.4 Å². The Morgan fingerprint density at radius 3 is 2.40 bits per heavy atom. The standard InChI is InChI=1S/C16H21NO2S/c1-4-18-14-7-6-12(10-15(14)19-5-2)16(17)13-8-9-20-11(13)3/h6-10,16H,4-5,17H2,1-3H3. The number of benzene rings is 1. The molecule has 1 aromatic carbocycles. The molecule has 0 saturated carbocycles. The molecule has 0 spiro atoms. The van der Waals surface area contributed by atoms with Crippen molar-refractivity contribution in [1.29, 1.82) is 0 Å². The molecular weight excluding hydrogens is 270 g/mol. The topological polar surface area (TPSA) is 44.5 Å². The van der Waals surface area contributed by atoms with Gasteiger partial charge in [-0.05, 0) is 55.5 Å². The van der Waals surface area contributed by atoms with Crippen molar-refractivity contribution in [2.75, 3.05) is 13.2 Å². The molecule has 0 saturated heterocycles. The maximum atomic E-state index is 6.36. The maximum absolute atomic E-state index is 6.36. The van der Waals surface area contributed by atoms with E-state index in [2.05, 4.69) is 18.4 Å². The smallest absolute Gasteiger partial charge is 0.161 e. The first-order chi connectivity index (χ1) is 9.67. The van der Waals surface area contributed by atoms with Crippen LogP contribution in [0.4, 0.5) is 0 Å². The number of aryl methyl sites for hydroxylation is 1. The molecule has 0 aliphatic heterocycles. The fourth-order valence-electron chi connectivity index (χ4n) is 2.16. The average Bonchev–Trinajstić information content (AvgIpc) is 2.86. The van der Waals surface area contributed by atoms with Gasteiger partial charge in [0, 0.05) is 4.88 Å². The van der Waals surface area contributed by atoms with E-state index in [4.69, 9.17) is 15.2 Å². The molecule has 2 rings (SSSR count). The van der Waals surface area contributed by atoms with E-state index in [-0.39, 0.29) is 6.04 Å². The molecule has 0 aliphatic carbocycles. The van der Waals surface area contributed by atoms with E-state index in [1.807, 2.05) is 32.0 Å². The molecule has 3 nitrogen and oxygen atoms in total. The Labute approximate surface area is 124 Å². The molecule has 1 unspecified atom stereocenters.